The Balaban J connectivity index is 1.21. The molecule has 0 spiro atoms. The minimum absolute atomic E-state index is 0.123. The summed E-state index contributed by atoms with van der Waals surface area (Å²) in [7, 11) is 0. The van der Waals surface area contributed by atoms with Gasteiger partial charge in [-0.2, -0.15) is 0 Å². The van der Waals surface area contributed by atoms with E-state index in [1.807, 2.05) is 12.1 Å². The quantitative estimate of drug-likeness (QED) is 0.463. The molecule has 0 unspecified atom stereocenters. The number of halogens is 1. The summed E-state index contributed by atoms with van der Waals surface area (Å²) >= 11 is 0. The fraction of sp³-hybridized carbons (Fsp3) is 0.571. The third-order valence-corrected chi connectivity index (χ3v) is 7.90. The van der Waals surface area contributed by atoms with Crippen molar-refractivity contribution in [2.24, 2.45) is 11.8 Å². The lowest BCUT2D eigenvalue weighted by atomic mass is 9.76. The number of hydrogen-bond acceptors (Lipinski definition) is 0. The minimum Gasteiger partial charge on any atom is -0.207 e. The molecule has 2 aromatic rings. The first-order valence-corrected chi connectivity index (χ1v) is 12.1. The molecule has 0 aliphatic heterocycles. The van der Waals surface area contributed by atoms with Gasteiger partial charge in [0.05, 0.1) is 0 Å². The minimum atomic E-state index is -0.123. The standard InChI is InChI=1S/C28H37F/c1-2-21-5-11-24(12-6-21)25-13-7-22(8-14-25)3-4-23-9-15-26(16-10-23)27-17-19-28(29)20-18-27/h7-8,13-14,17-21,23-24,26H,2-6,9-12,15-16H2,1H3. The first kappa shape index (κ1) is 20.6. The molecule has 2 saturated carbocycles. The summed E-state index contributed by atoms with van der Waals surface area (Å²) in [6, 6.07) is 16.8. The van der Waals surface area contributed by atoms with Gasteiger partial charge in [0.1, 0.15) is 5.82 Å². The number of rotatable bonds is 6. The van der Waals surface area contributed by atoms with E-state index >= 15 is 0 Å². The molecule has 4 rings (SSSR count). The van der Waals surface area contributed by atoms with Crippen molar-refractivity contribution in [3.63, 3.8) is 0 Å². The number of benzene rings is 2. The van der Waals surface area contributed by atoms with E-state index in [4.69, 9.17) is 0 Å². The maximum atomic E-state index is 13.1. The highest BCUT2D eigenvalue weighted by Crippen LogP contribution is 2.38. The molecule has 1 heteroatoms. The van der Waals surface area contributed by atoms with Gasteiger partial charge in [0.25, 0.3) is 0 Å². The van der Waals surface area contributed by atoms with E-state index in [0.717, 1.165) is 17.8 Å². The molecule has 0 saturated heterocycles. The van der Waals surface area contributed by atoms with Gasteiger partial charge in [-0.15, -0.1) is 0 Å². The lowest BCUT2D eigenvalue weighted by Crippen LogP contribution is -2.14. The van der Waals surface area contributed by atoms with Gasteiger partial charge in [-0.05, 0) is 117 Å². The lowest BCUT2D eigenvalue weighted by Gasteiger charge is -2.29. The summed E-state index contributed by atoms with van der Waals surface area (Å²) in [5.74, 6) is 3.14. The first-order chi connectivity index (χ1) is 14.2. The van der Waals surface area contributed by atoms with Crippen LogP contribution in [0.3, 0.4) is 0 Å². The third-order valence-electron chi connectivity index (χ3n) is 7.90. The molecule has 0 amide bonds. The van der Waals surface area contributed by atoms with E-state index < -0.39 is 0 Å². The summed E-state index contributed by atoms with van der Waals surface area (Å²) in [6.45, 7) is 2.34. The molecule has 0 bridgehead atoms. The first-order valence-electron chi connectivity index (χ1n) is 12.1. The molecule has 0 nitrogen and oxygen atoms in total. The van der Waals surface area contributed by atoms with Crippen LogP contribution < -0.4 is 0 Å². The summed E-state index contributed by atoms with van der Waals surface area (Å²) in [4.78, 5) is 0. The zero-order valence-corrected chi connectivity index (χ0v) is 18.1. The Labute approximate surface area is 176 Å². The molecule has 0 atom stereocenters. The molecule has 29 heavy (non-hydrogen) atoms. The van der Waals surface area contributed by atoms with E-state index in [1.54, 1.807) is 17.7 Å². The predicted octanol–water partition coefficient (Wildman–Crippen LogP) is 8.42. The normalized spacial score (nSPS) is 27.7. The lowest BCUT2D eigenvalue weighted by molar-refractivity contribution is 0.310. The van der Waals surface area contributed by atoms with Gasteiger partial charge in [0, 0.05) is 0 Å². The molecule has 0 radical (unpaired) electrons. The van der Waals surface area contributed by atoms with Crippen LogP contribution in [0, 0.1) is 17.7 Å². The number of hydrogen-bond donors (Lipinski definition) is 0. The van der Waals surface area contributed by atoms with E-state index in [9.17, 15) is 4.39 Å². The Kier molecular flexibility index (Phi) is 7.06. The van der Waals surface area contributed by atoms with Crippen molar-refractivity contribution in [1.82, 2.24) is 0 Å². The Bertz CT molecular complexity index is 729. The van der Waals surface area contributed by atoms with Crippen LogP contribution in [0.1, 0.15) is 99.7 Å². The third kappa shape index (κ3) is 5.50. The molecule has 2 aliphatic carbocycles. The largest absolute Gasteiger partial charge is 0.207 e. The smallest absolute Gasteiger partial charge is 0.123 e. The van der Waals surface area contributed by atoms with Gasteiger partial charge in [0.2, 0.25) is 0 Å². The maximum Gasteiger partial charge on any atom is 0.123 e. The SMILES string of the molecule is CCC1CCC(c2ccc(CCC3CCC(c4ccc(F)cc4)CC3)cc2)CC1. The van der Waals surface area contributed by atoms with Crippen LogP contribution in [0.15, 0.2) is 48.5 Å². The van der Waals surface area contributed by atoms with Crippen molar-refractivity contribution in [3.8, 4) is 0 Å². The second-order valence-corrected chi connectivity index (χ2v) is 9.68. The average Bonchev–Trinajstić information content (AvgIpc) is 2.79. The Morgan fingerprint density at radius 2 is 1.14 bits per heavy atom. The summed E-state index contributed by atoms with van der Waals surface area (Å²) in [5, 5.41) is 0. The van der Waals surface area contributed by atoms with E-state index in [2.05, 4.69) is 31.2 Å². The Morgan fingerprint density at radius 3 is 1.66 bits per heavy atom. The van der Waals surface area contributed by atoms with Gasteiger partial charge in [-0.3, -0.25) is 0 Å². The van der Waals surface area contributed by atoms with E-state index in [0.29, 0.717) is 5.92 Å². The monoisotopic (exact) mass is 392 g/mol. The second-order valence-electron chi connectivity index (χ2n) is 9.68. The fourth-order valence-electron chi connectivity index (χ4n) is 5.75. The zero-order chi connectivity index (χ0) is 20.1. The highest BCUT2D eigenvalue weighted by molar-refractivity contribution is 5.26. The van der Waals surface area contributed by atoms with Gasteiger partial charge >= 0.3 is 0 Å². The molecular weight excluding hydrogens is 355 g/mol. The topological polar surface area (TPSA) is 0 Å². The summed E-state index contributed by atoms with van der Waals surface area (Å²) in [6.07, 6.45) is 14.7. The van der Waals surface area contributed by atoms with Crippen LogP contribution in [0.25, 0.3) is 0 Å². The maximum absolute atomic E-state index is 13.1. The highest BCUT2D eigenvalue weighted by atomic mass is 19.1. The van der Waals surface area contributed by atoms with Crippen LogP contribution in [-0.4, -0.2) is 0 Å². The van der Waals surface area contributed by atoms with Gasteiger partial charge in [-0.1, -0.05) is 49.7 Å². The highest BCUT2D eigenvalue weighted by Gasteiger charge is 2.23. The molecular formula is C28H37F. The van der Waals surface area contributed by atoms with Crippen molar-refractivity contribution in [1.29, 1.82) is 0 Å². The van der Waals surface area contributed by atoms with Gasteiger partial charge < -0.3 is 0 Å². The molecule has 156 valence electrons. The molecule has 2 fully saturated rings. The van der Waals surface area contributed by atoms with Crippen molar-refractivity contribution in [2.75, 3.05) is 0 Å². The van der Waals surface area contributed by atoms with Crippen LogP contribution in [-0.2, 0) is 6.42 Å². The van der Waals surface area contributed by atoms with E-state index in [1.165, 1.54) is 81.8 Å². The Hall–Kier alpha value is -1.63. The number of aryl methyl sites for hydroxylation is 1. The molecule has 0 N–H and O–H groups in total. The van der Waals surface area contributed by atoms with Crippen molar-refractivity contribution < 1.29 is 4.39 Å². The van der Waals surface area contributed by atoms with Crippen LogP contribution in [0.4, 0.5) is 4.39 Å². The van der Waals surface area contributed by atoms with Crippen molar-refractivity contribution in [3.05, 3.63) is 71.0 Å². The Morgan fingerprint density at radius 1 is 0.655 bits per heavy atom. The zero-order valence-electron chi connectivity index (χ0n) is 18.1. The molecule has 0 aromatic heterocycles. The van der Waals surface area contributed by atoms with Gasteiger partial charge in [0.15, 0.2) is 0 Å². The predicted molar refractivity (Wildman–Crippen MR) is 121 cm³/mol. The van der Waals surface area contributed by atoms with Crippen molar-refractivity contribution >= 4 is 0 Å². The van der Waals surface area contributed by atoms with Crippen LogP contribution >= 0.6 is 0 Å². The second kappa shape index (κ2) is 9.92. The van der Waals surface area contributed by atoms with Crippen molar-refractivity contribution in [2.45, 2.75) is 89.4 Å². The van der Waals surface area contributed by atoms with E-state index in [-0.39, 0.29) is 5.82 Å². The fourth-order valence-corrected chi connectivity index (χ4v) is 5.75. The average molecular weight is 393 g/mol. The van der Waals surface area contributed by atoms with Gasteiger partial charge in [-0.25, -0.2) is 4.39 Å². The van der Waals surface area contributed by atoms with Crippen LogP contribution in [0.5, 0.6) is 0 Å². The summed E-state index contributed by atoms with van der Waals surface area (Å²) < 4.78 is 13.1. The molecule has 0 heterocycles. The van der Waals surface area contributed by atoms with Crippen LogP contribution in [0.2, 0.25) is 0 Å². The summed E-state index contributed by atoms with van der Waals surface area (Å²) in [5.41, 5.74) is 4.41. The molecule has 2 aliphatic rings. The molecule has 2 aromatic carbocycles.